The van der Waals surface area contributed by atoms with E-state index in [-0.39, 0.29) is 0 Å². The Morgan fingerprint density at radius 1 is 1.21 bits per heavy atom. The molecule has 0 spiro atoms. The second-order valence-electron chi connectivity index (χ2n) is 3.47. The van der Waals surface area contributed by atoms with Crippen LogP contribution in [0.1, 0.15) is 0 Å². The van der Waals surface area contributed by atoms with Gasteiger partial charge in [-0.15, -0.1) is 0 Å². The number of nitrogens with two attached hydrogens (primary N) is 1. The molecule has 1 aromatic carbocycles. The summed E-state index contributed by atoms with van der Waals surface area (Å²) in [7, 11) is 3.95. The van der Waals surface area contributed by atoms with Crippen molar-refractivity contribution in [3.05, 3.63) is 30.5 Å². The molecule has 0 aliphatic heterocycles. The number of nitrogen functional groups attached to an aromatic ring is 1. The van der Waals surface area contributed by atoms with Crippen molar-refractivity contribution < 1.29 is 0 Å². The Hall–Kier alpha value is -1.77. The van der Waals surface area contributed by atoms with Crippen LogP contribution in [0, 0.1) is 0 Å². The van der Waals surface area contributed by atoms with Crippen LogP contribution < -0.4 is 10.6 Å². The third-order valence-corrected chi connectivity index (χ3v) is 2.27. The number of anilines is 2. The SMILES string of the molecule is CN(C)c1ccc2cccnc2c1N. The summed E-state index contributed by atoms with van der Waals surface area (Å²) in [6.07, 6.45) is 1.76. The number of benzene rings is 1. The second kappa shape index (κ2) is 3.18. The zero-order chi connectivity index (χ0) is 10.1. The van der Waals surface area contributed by atoms with E-state index in [4.69, 9.17) is 5.73 Å². The van der Waals surface area contributed by atoms with E-state index in [0.29, 0.717) is 0 Å². The smallest absolute Gasteiger partial charge is 0.0952 e. The van der Waals surface area contributed by atoms with Crippen molar-refractivity contribution >= 4 is 22.3 Å². The summed E-state index contributed by atoms with van der Waals surface area (Å²) in [4.78, 5) is 6.26. The minimum atomic E-state index is 0.744. The molecule has 0 atom stereocenters. The predicted octanol–water partition coefficient (Wildman–Crippen LogP) is 1.88. The summed E-state index contributed by atoms with van der Waals surface area (Å²) in [6.45, 7) is 0. The van der Waals surface area contributed by atoms with E-state index < -0.39 is 0 Å². The highest BCUT2D eigenvalue weighted by atomic mass is 15.1. The Balaban J connectivity index is 2.75. The van der Waals surface area contributed by atoms with Gasteiger partial charge in [-0.2, -0.15) is 0 Å². The van der Waals surface area contributed by atoms with E-state index in [1.54, 1.807) is 6.20 Å². The van der Waals surface area contributed by atoms with Gasteiger partial charge in [-0.3, -0.25) is 4.98 Å². The standard InChI is InChI=1S/C11H13N3/c1-14(2)9-6-5-8-4-3-7-13-11(8)10(9)12/h3-7H,12H2,1-2H3. The van der Waals surface area contributed by atoms with Crippen LogP contribution in [0.4, 0.5) is 11.4 Å². The summed E-state index contributed by atoms with van der Waals surface area (Å²) in [5.41, 5.74) is 8.64. The lowest BCUT2D eigenvalue weighted by Gasteiger charge is -2.15. The number of hydrogen-bond donors (Lipinski definition) is 1. The molecule has 1 heterocycles. The lowest BCUT2D eigenvalue weighted by Crippen LogP contribution is -2.11. The van der Waals surface area contributed by atoms with Crippen LogP contribution in [0.3, 0.4) is 0 Å². The molecule has 3 heteroatoms. The highest BCUT2D eigenvalue weighted by Gasteiger charge is 2.05. The van der Waals surface area contributed by atoms with Gasteiger partial charge in [-0.25, -0.2) is 0 Å². The van der Waals surface area contributed by atoms with Crippen molar-refractivity contribution in [2.24, 2.45) is 0 Å². The van der Waals surface area contributed by atoms with Crippen LogP contribution in [0.25, 0.3) is 10.9 Å². The van der Waals surface area contributed by atoms with Gasteiger partial charge in [0.2, 0.25) is 0 Å². The van der Waals surface area contributed by atoms with Gasteiger partial charge in [0.15, 0.2) is 0 Å². The van der Waals surface area contributed by atoms with Gasteiger partial charge in [0.25, 0.3) is 0 Å². The maximum absolute atomic E-state index is 6.02. The quantitative estimate of drug-likeness (QED) is 0.693. The fourth-order valence-electron chi connectivity index (χ4n) is 1.55. The van der Waals surface area contributed by atoms with Crippen LogP contribution in [-0.2, 0) is 0 Å². The third kappa shape index (κ3) is 1.27. The fourth-order valence-corrected chi connectivity index (χ4v) is 1.55. The van der Waals surface area contributed by atoms with E-state index in [1.165, 1.54) is 0 Å². The van der Waals surface area contributed by atoms with E-state index in [1.807, 2.05) is 43.3 Å². The Bertz CT molecular complexity index is 463. The van der Waals surface area contributed by atoms with E-state index in [2.05, 4.69) is 4.98 Å². The molecule has 2 aromatic rings. The largest absolute Gasteiger partial charge is 0.395 e. The molecule has 1 aromatic heterocycles. The summed E-state index contributed by atoms with van der Waals surface area (Å²) < 4.78 is 0. The van der Waals surface area contributed by atoms with Gasteiger partial charge in [-0.05, 0) is 12.1 Å². The Labute approximate surface area is 83.2 Å². The molecule has 3 nitrogen and oxygen atoms in total. The summed E-state index contributed by atoms with van der Waals surface area (Å²) in [5, 5.41) is 1.08. The molecule has 2 rings (SSSR count). The van der Waals surface area contributed by atoms with Gasteiger partial charge in [0.1, 0.15) is 0 Å². The van der Waals surface area contributed by atoms with Crippen LogP contribution in [0.15, 0.2) is 30.5 Å². The number of nitrogens with zero attached hydrogens (tertiary/aromatic N) is 2. The molecule has 0 aliphatic carbocycles. The van der Waals surface area contributed by atoms with Crippen molar-refractivity contribution in [3.63, 3.8) is 0 Å². The Morgan fingerprint density at radius 3 is 2.71 bits per heavy atom. The highest BCUT2D eigenvalue weighted by Crippen LogP contribution is 2.28. The number of aromatic nitrogens is 1. The monoisotopic (exact) mass is 187 g/mol. The molecule has 0 fully saturated rings. The fraction of sp³-hybridized carbons (Fsp3) is 0.182. The zero-order valence-corrected chi connectivity index (χ0v) is 8.36. The normalized spacial score (nSPS) is 10.4. The lowest BCUT2D eigenvalue weighted by molar-refractivity contribution is 1.14. The average Bonchev–Trinajstić information content (AvgIpc) is 2.18. The molecular weight excluding hydrogens is 174 g/mol. The molecule has 0 saturated carbocycles. The second-order valence-corrected chi connectivity index (χ2v) is 3.47. The average molecular weight is 187 g/mol. The van der Waals surface area contributed by atoms with E-state index in [9.17, 15) is 0 Å². The molecule has 0 saturated heterocycles. The van der Waals surface area contributed by atoms with Crippen molar-refractivity contribution in [2.45, 2.75) is 0 Å². The first kappa shape index (κ1) is 8.81. The minimum absolute atomic E-state index is 0.744. The van der Waals surface area contributed by atoms with E-state index in [0.717, 1.165) is 22.3 Å². The number of pyridine rings is 1. The van der Waals surface area contributed by atoms with Crippen molar-refractivity contribution in [1.29, 1.82) is 0 Å². The van der Waals surface area contributed by atoms with Crippen molar-refractivity contribution in [3.8, 4) is 0 Å². The first-order valence-corrected chi connectivity index (χ1v) is 4.50. The maximum atomic E-state index is 6.02. The molecule has 14 heavy (non-hydrogen) atoms. The first-order valence-electron chi connectivity index (χ1n) is 4.50. The molecular formula is C11H13N3. The molecule has 72 valence electrons. The van der Waals surface area contributed by atoms with Crippen molar-refractivity contribution in [1.82, 2.24) is 4.98 Å². The third-order valence-electron chi connectivity index (χ3n) is 2.27. The number of hydrogen-bond acceptors (Lipinski definition) is 3. The van der Waals surface area contributed by atoms with Crippen LogP contribution in [0.5, 0.6) is 0 Å². The van der Waals surface area contributed by atoms with Gasteiger partial charge in [0.05, 0.1) is 16.9 Å². The molecule has 0 unspecified atom stereocenters. The molecule has 0 bridgehead atoms. The molecule has 0 amide bonds. The minimum Gasteiger partial charge on any atom is -0.395 e. The highest BCUT2D eigenvalue weighted by molar-refractivity contribution is 5.95. The lowest BCUT2D eigenvalue weighted by atomic mass is 10.1. The van der Waals surface area contributed by atoms with Gasteiger partial charge >= 0.3 is 0 Å². The first-order chi connectivity index (χ1) is 6.70. The molecule has 2 N–H and O–H groups in total. The summed E-state index contributed by atoms with van der Waals surface area (Å²) in [6, 6.07) is 7.97. The Kier molecular flexibility index (Phi) is 2.00. The topological polar surface area (TPSA) is 42.2 Å². The number of rotatable bonds is 1. The maximum Gasteiger partial charge on any atom is 0.0952 e. The molecule has 0 radical (unpaired) electrons. The van der Waals surface area contributed by atoms with Crippen LogP contribution in [0.2, 0.25) is 0 Å². The predicted molar refractivity (Wildman–Crippen MR) is 60.5 cm³/mol. The van der Waals surface area contributed by atoms with Gasteiger partial charge in [0, 0.05) is 25.7 Å². The van der Waals surface area contributed by atoms with Crippen molar-refractivity contribution in [2.75, 3.05) is 24.7 Å². The van der Waals surface area contributed by atoms with Crippen LogP contribution in [-0.4, -0.2) is 19.1 Å². The summed E-state index contributed by atoms with van der Waals surface area (Å²) in [5.74, 6) is 0. The zero-order valence-electron chi connectivity index (χ0n) is 8.36. The van der Waals surface area contributed by atoms with Gasteiger partial charge < -0.3 is 10.6 Å². The summed E-state index contributed by atoms with van der Waals surface area (Å²) >= 11 is 0. The Morgan fingerprint density at radius 2 is 2.00 bits per heavy atom. The number of fused-ring (bicyclic) bond motifs is 1. The van der Waals surface area contributed by atoms with Crippen LogP contribution >= 0.6 is 0 Å². The molecule has 0 aliphatic rings. The van der Waals surface area contributed by atoms with Gasteiger partial charge in [-0.1, -0.05) is 12.1 Å². The van der Waals surface area contributed by atoms with E-state index >= 15 is 0 Å².